The van der Waals surface area contributed by atoms with E-state index >= 15 is 0 Å². The maximum absolute atomic E-state index is 13.2. The molecule has 1 unspecified atom stereocenters. The van der Waals surface area contributed by atoms with E-state index in [2.05, 4.69) is 12.1 Å². The van der Waals surface area contributed by atoms with Crippen LogP contribution in [0, 0.1) is 13.8 Å². The van der Waals surface area contributed by atoms with Crippen molar-refractivity contribution in [2.45, 2.75) is 20.3 Å². The Labute approximate surface area is 173 Å². The standard InChI is InChI=1S/C24H24O4S/c1-14-10-16(11-15(2)23(14)27-4)12-18-22-17-8-6-7-9-20(17)29(25)21(22)13-19(26-3)24(18)28-5/h6-11,13H,12H2,1-5H3. The topological polar surface area (TPSA) is 50.8 Å². The smallest absolute Gasteiger partial charge is 0.185 e. The van der Waals surface area contributed by atoms with Crippen LogP contribution in [0.5, 0.6) is 17.2 Å². The molecule has 0 bridgehead atoms. The molecule has 1 atom stereocenters. The fourth-order valence-electron chi connectivity index (χ4n) is 4.27. The number of fused-ring (bicyclic) bond motifs is 3. The highest BCUT2D eigenvalue weighted by molar-refractivity contribution is 7.37. The molecule has 0 N–H and O–H groups in total. The number of rotatable bonds is 5. The highest BCUT2D eigenvalue weighted by atomic mass is 32.2. The van der Waals surface area contributed by atoms with Gasteiger partial charge in [-0.15, -0.1) is 0 Å². The molecule has 4 aromatic rings. The Balaban J connectivity index is 2.03. The molecule has 0 fully saturated rings. The van der Waals surface area contributed by atoms with Crippen molar-refractivity contribution in [1.29, 1.82) is 0 Å². The lowest BCUT2D eigenvalue weighted by Gasteiger charge is -2.16. The van der Waals surface area contributed by atoms with Gasteiger partial charge in [0.2, 0.25) is 0 Å². The summed E-state index contributed by atoms with van der Waals surface area (Å²) in [7, 11) is 3.72. The van der Waals surface area contributed by atoms with Crippen molar-refractivity contribution in [3.63, 3.8) is 0 Å². The van der Waals surface area contributed by atoms with Gasteiger partial charge in [0.15, 0.2) is 20.9 Å². The van der Waals surface area contributed by atoms with Crippen LogP contribution in [0.1, 0.15) is 22.3 Å². The van der Waals surface area contributed by atoms with Crippen LogP contribution in [-0.2, 0) is 6.42 Å². The summed E-state index contributed by atoms with van der Waals surface area (Å²) in [6.07, 6.45) is 0.639. The number of hydrogen-bond donors (Lipinski definition) is 0. The first kappa shape index (κ1) is 19.6. The minimum Gasteiger partial charge on any atom is -0.590 e. The van der Waals surface area contributed by atoms with Crippen molar-refractivity contribution in [3.8, 4) is 17.2 Å². The van der Waals surface area contributed by atoms with Crippen molar-refractivity contribution < 1.29 is 18.8 Å². The van der Waals surface area contributed by atoms with Crippen LogP contribution in [0.4, 0.5) is 0 Å². The molecule has 4 nitrogen and oxygen atoms in total. The van der Waals surface area contributed by atoms with E-state index in [9.17, 15) is 4.55 Å². The Morgan fingerprint density at radius 2 is 1.48 bits per heavy atom. The van der Waals surface area contributed by atoms with Crippen LogP contribution in [-0.4, -0.2) is 25.9 Å². The van der Waals surface area contributed by atoms with Crippen molar-refractivity contribution in [1.82, 2.24) is 0 Å². The van der Waals surface area contributed by atoms with Gasteiger partial charge >= 0.3 is 0 Å². The average Bonchev–Trinajstić information content (AvgIpc) is 3.00. The summed E-state index contributed by atoms with van der Waals surface area (Å²) in [5.74, 6) is 2.19. The molecule has 0 saturated heterocycles. The molecular weight excluding hydrogens is 384 g/mol. The summed E-state index contributed by atoms with van der Waals surface area (Å²) >= 11 is 0. The van der Waals surface area contributed by atoms with Gasteiger partial charge in [-0.05, 0) is 53.4 Å². The second-order valence-electron chi connectivity index (χ2n) is 7.17. The first-order chi connectivity index (χ1) is 14.0. The van der Waals surface area contributed by atoms with E-state index in [0.717, 1.165) is 48.2 Å². The van der Waals surface area contributed by atoms with Crippen molar-refractivity contribution in [3.05, 3.63) is 64.7 Å². The zero-order chi connectivity index (χ0) is 20.7. The van der Waals surface area contributed by atoms with Gasteiger partial charge in [0.25, 0.3) is 0 Å². The summed E-state index contributed by atoms with van der Waals surface area (Å²) in [6, 6.07) is 14.0. The molecule has 4 rings (SSSR count). The van der Waals surface area contributed by atoms with Crippen LogP contribution in [0.15, 0.2) is 42.5 Å². The lowest BCUT2D eigenvalue weighted by Crippen LogP contribution is -2.00. The summed E-state index contributed by atoms with van der Waals surface area (Å²) in [5, 5.41) is 1.99. The Morgan fingerprint density at radius 1 is 0.828 bits per heavy atom. The van der Waals surface area contributed by atoms with E-state index in [1.165, 1.54) is 0 Å². The van der Waals surface area contributed by atoms with Gasteiger partial charge in [-0.1, -0.05) is 24.3 Å². The minimum absolute atomic E-state index is 0.601. The zero-order valence-electron chi connectivity index (χ0n) is 17.3. The fraction of sp³-hybridized carbons (Fsp3) is 0.250. The third-order valence-corrected chi connectivity index (χ3v) is 6.87. The Hall–Kier alpha value is -2.76. The number of thiophene rings is 1. The molecule has 3 aromatic carbocycles. The molecule has 29 heavy (non-hydrogen) atoms. The molecule has 1 aromatic heterocycles. The van der Waals surface area contributed by atoms with E-state index < -0.39 is 10.8 Å². The molecule has 150 valence electrons. The number of methoxy groups -OCH3 is 3. The minimum atomic E-state index is -1.23. The average molecular weight is 409 g/mol. The normalized spacial score (nSPS) is 11.9. The SMILES string of the molecule is COc1cc2c(c(Cc3cc(C)c(OC)c(C)c3)c1OC)c1ccccc1[s+]2[O-]. The predicted octanol–water partition coefficient (Wildman–Crippen LogP) is 5.95. The van der Waals surface area contributed by atoms with E-state index in [4.69, 9.17) is 14.2 Å². The van der Waals surface area contributed by atoms with Gasteiger partial charge in [0, 0.05) is 23.4 Å². The first-order valence-corrected chi connectivity index (χ1v) is 10.6. The second kappa shape index (κ2) is 7.58. The van der Waals surface area contributed by atoms with Crippen LogP contribution in [0.3, 0.4) is 0 Å². The van der Waals surface area contributed by atoms with Crippen molar-refractivity contribution >= 4 is 30.9 Å². The highest BCUT2D eigenvalue weighted by Gasteiger charge is 2.25. The number of ether oxygens (including phenoxy) is 3. The number of hydrogen-bond acceptors (Lipinski definition) is 4. The van der Waals surface area contributed by atoms with Crippen LogP contribution >= 0.6 is 10.8 Å². The van der Waals surface area contributed by atoms with Gasteiger partial charge in [0.1, 0.15) is 5.75 Å². The molecule has 0 aliphatic heterocycles. The molecule has 0 aliphatic carbocycles. The lowest BCUT2D eigenvalue weighted by atomic mass is 9.95. The van der Waals surface area contributed by atoms with Gasteiger partial charge < -0.3 is 18.8 Å². The van der Waals surface area contributed by atoms with E-state index in [1.807, 2.05) is 44.2 Å². The largest absolute Gasteiger partial charge is 0.590 e. The van der Waals surface area contributed by atoms with Crippen LogP contribution in [0.2, 0.25) is 0 Å². The van der Waals surface area contributed by atoms with E-state index in [-0.39, 0.29) is 0 Å². The monoisotopic (exact) mass is 408 g/mol. The zero-order valence-corrected chi connectivity index (χ0v) is 18.1. The lowest BCUT2D eigenvalue weighted by molar-refractivity contribution is 0.353. The molecule has 0 amide bonds. The third kappa shape index (κ3) is 3.11. The molecule has 5 heteroatoms. The Morgan fingerprint density at radius 3 is 2.10 bits per heavy atom. The summed E-state index contributed by atoms with van der Waals surface area (Å²) in [5.41, 5.74) is 4.31. The van der Waals surface area contributed by atoms with Crippen molar-refractivity contribution in [2.75, 3.05) is 21.3 Å². The summed E-state index contributed by atoms with van der Waals surface area (Å²) in [6.45, 7) is 4.10. The van der Waals surface area contributed by atoms with E-state index in [0.29, 0.717) is 17.9 Å². The molecular formula is C24H24O4S. The summed E-state index contributed by atoms with van der Waals surface area (Å²) < 4.78 is 31.6. The van der Waals surface area contributed by atoms with Crippen LogP contribution in [0.25, 0.3) is 20.2 Å². The quantitative estimate of drug-likeness (QED) is 0.383. The summed E-state index contributed by atoms with van der Waals surface area (Å²) in [4.78, 5) is 0. The van der Waals surface area contributed by atoms with Gasteiger partial charge in [-0.25, -0.2) is 0 Å². The Bertz CT molecular complexity index is 1200. The third-order valence-electron chi connectivity index (χ3n) is 5.39. The molecule has 0 saturated carbocycles. The number of benzene rings is 3. The van der Waals surface area contributed by atoms with Gasteiger partial charge in [-0.3, -0.25) is 0 Å². The predicted molar refractivity (Wildman–Crippen MR) is 118 cm³/mol. The molecule has 0 aliphatic rings. The second-order valence-corrected chi connectivity index (χ2v) is 8.59. The maximum atomic E-state index is 13.2. The maximum Gasteiger partial charge on any atom is 0.185 e. The van der Waals surface area contributed by atoms with E-state index in [1.54, 1.807) is 21.3 Å². The Kier molecular flexibility index (Phi) is 5.11. The molecule has 0 spiro atoms. The molecule has 1 heterocycles. The van der Waals surface area contributed by atoms with Gasteiger partial charge in [0.05, 0.1) is 26.7 Å². The number of aryl methyl sites for hydroxylation is 2. The molecule has 0 radical (unpaired) electrons. The van der Waals surface area contributed by atoms with Crippen molar-refractivity contribution in [2.24, 2.45) is 0 Å². The fourth-order valence-corrected chi connectivity index (χ4v) is 5.72. The first-order valence-electron chi connectivity index (χ1n) is 9.43. The van der Waals surface area contributed by atoms with Crippen LogP contribution < -0.4 is 14.2 Å². The highest BCUT2D eigenvalue weighted by Crippen LogP contribution is 2.48. The van der Waals surface area contributed by atoms with Gasteiger partial charge in [-0.2, -0.15) is 0 Å².